The third kappa shape index (κ3) is 5.89. The molecule has 34 heavy (non-hydrogen) atoms. The number of nitrogens with zero attached hydrogens (tertiary/aromatic N) is 1. The summed E-state index contributed by atoms with van der Waals surface area (Å²) in [6, 6.07) is 5.02. The highest BCUT2D eigenvalue weighted by atomic mass is 35.5. The molecular formula is C23H25Cl2FN2O6. The maximum atomic E-state index is 13.8. The number of nitrogens with one attached hydrogen (secondary N) is 1. The summed E-state index contributed by atoms with van der Waals surface area (Å²) in [4.78, 5) is 38.0. The molecule has 3 atom stereocenters. The fourth-order valence-electron chi connectivity index (χ4n) is 4.33. The summed E-state index contributed by atoms with van der Waals surface area (Å²) < 4.78 is 32.3. The van der Waals surface area contributed by atoms with Gasteiger partial charge in [-0.15, -0.1) is 0 Å². The second kappa shape index (κ2) is 11.0. The smallest absolute Gasteiger partial charge is 0.330 e. The lowest BCUT2D eigenvalue weighted by molar-refractivity contribution is -0.157. The molecule has 1 aliphatic heterocycles. The van der Waals surface area contributed by atoms with E-state index in [0.717, 1.165) is 42.9 Å². The Hall–Kier alpha value is -2.20. The molecule has 1 unspecified atom stereocenters. The highest BCUT2D eigenvalue weighted by molar-refractivity contribution is 6.35. The minimum absolute atomic E-state index is 0.0779. The zero-order valence-electron chi connectivity index (χ0n) is 18.3. The molecule has 184 valence electrons. The van der Waals surface area contributed by atoms with E-state index < -0.39 is 35.5 Å². The number of aromatic nitrogens is 2. The van der Waals surface area contributed by atoms with Crippen molar-refractivity contribution < 1.29 is 23.4 Å². The molecule has 0 amide bonds. The molecule has 0 radical (unpaired) electrons. The van der Waals surface area contributed by atoms with E-state index in [1.54, 1.807) is 18.2 Å². The summed E-state index contributed by atoms with van der Waals surface area (Å²) in [5.41, 5.74) is -1.22. The van der Waals surface area contributed by atoms with Crippen LogP contribution in [0.25, 0.3) is 0 Å². The molecule has 1 N–H and O–H groups in total. The van der Waals surface area contributed by atoms with Crippen LogP contribution in [0.15, 0.2) is 34.0 Å². The van der Waals surface area contributed by atoms with Gasteiger partial charge in [-0.05, 0) is 30.5 Å². The summed E-state index contributed by atoms with van der Waals surface area (Å²) in [5, 5.41) is 0.923. The van der Waals surface area contributed by atoms with Gasteiger partial charge in [0.15, 0.2) is 0 Å². The van der Waals surface area contributed by atoms with Gasteiger partial charge in [-0.1, -0.05) is 48.5 Å². The van der Waals surface area contributed by atoms with Gasteiger partial charge in [0.2, 0.25) is 5.82 Å². The first kappa shape index (κ1) is 24.9. The molecule has 1 aromatic carbocycles. The first-order valence-corrected chi connectivity index (χ1v) is 12.0. The number of rotatable bonds is 7. The largest absolute Gasteiger partial charge is 0.463 e. The van der Waals surface area contributed by atoms with Gasteiger partial charge >= 0.3 is 11.7 Å². The first-order valence-electron chi connectivity index (χ1n) is 11.2. The van der Waals surface area contributed by atoms with E-state index in [9.17, 15) is 18.8 Å². The summed E-state index contributed by atoms with van der Waals surface area (Å²) >= 11 is 12.2. The normalized spacial score (nSPS) is 23.2. The fraction of sp³-hybridized carbons (Fsp3) is 0.522. The van der Waals surface area contributed by atoms with E-state index in [-0.39, 0.29) is 31.5 Å². The van der Waals surface area contributed by atoms with Crippen LogP contribution in [0, 0.1) is 11.7 Å². The van der Waals surface area contributed by atoms with Gasteiger partial charge < -0.3 is 14.2 Å². The second-order valence-electron chi connectivity index (χ2n) is 8.56. The molecule has 1 aromatic heterocycles. The number of hydrogen-bond donors (Lipinski definition) is 1. The van der Waals surface area contributed by atoms with Gasteiger partial charge in [-0.2, -0.15) is 4.39 Å². The molecular weight excluding hydrogens is 490 g/mol. The van der Waals surface area contributed by atoms with Crippen molar-refractivity contribution in [3.8, 4) is 0 Å². The van der Waals surface area contributed by atoms with E-state index in [1.807, 2.05) is 4.98 Å². The minimum Gasteiger partial charge on any atom is -0.463 e. The predicted octanol–water partition coefficient (Wildman–Crippen LogP) is 3.98. The molecule has 1 saturated carbocycles. The second-order valence-corrected chi connectivity index (χ2v) is 9.40. The first-order chi connectivity index (χ1) is 16.3. The molecule has 0 spiro atoms. The Morgan fingerprint density at radius 1 is 1.21 bits per heavy atom. The Morgan fingerprint density at radius 2 is 1.97 bits per heavy atom. The lowest BCUT2D eigenvalue weighted by Gasteiger charge is -2.23. The standard InChI is InChI=1S/C23H25Cl2FN2O6/c24-15-7-6-14(16(25)8-15)11-32-18-9-20(28-10-17(26)21(29)27-23(28)31)34-19(18)12-33-22(30)13-4-2-1-3-5-13/h6-8,10,13,18-20H,1-5,9,11-12H2,(H,27,29,31)/t18?,19-,20-/m0/s1. The van der Waals surface area contributed by atoms with Gasteiger partial charge in [0, 0.05) is 16.5 Å². The summed E-state index contributed by atoms with van der Waals surface area (Å²) in [6.07, 6.45) is 3.47. The fourth-order valence-corrected chi connectivity index (χ4v) is 4.79. The number of hydrogen-bond acceptors (Lipinski definition) is 6. The van der Waals surface area contributed by atoms with Crippen molar-refractivity contribution in [2.75, 3.05) is 6.61 Å². The topological polar surface area (TPSA) is 99.6 Å². The van der Waals surface area contributed by atoms with Gasteiger partial charge in [0.1, 0.15) is 18.9 Å². The van der Waals surface area contributed by atoms with Crippen LogP contribution in [0.1, 0.15) is 50.3 Å². The average molecular weight is 515 g/mol. The van der Waals surface area contributed by atoms with E-state index >= 15 is 0 Å². The number of ether oxygens (including phenoxy) is 3. The molecule has 2 fully saturated rings. The van der Waals surface area contributed by atoms with Crippen LogP contribution < -0.4 is 11.2 Å². The van der Waals surface area contributed by atoms with Crippen molar-refractivity contribution in [1.29, 1.82) is 0 Å². The van der Waals surface area contributed by atoms with Crippen molar-refractivity contribution in [3.63, 3.8) is 0 Å². The lowest BCUT2D eigenvalue weighted by atomic mass is 9.89. The molecule has 0 bridgehead atoms. The van der Waals surface area contributed by atoms with E-state index in [4.69, 9.17) is 37.4 Å². The molecule has 1 aliphatic carbocycles. The van der Waals surface area contributed by atoms with Crippen LogP contribution in [-0.4, -0.2) is 34.3 Å². The molecule has 2 heterocycles. The van der Waals surface area contributed by atoms with Gasteiger partial charge in [0.25, 0.3) is 5.56 Å². The van der Waals surface area contributed by atoms with Crippen LogP contribution in [0.4, 0.5) is 4.39 Å². The maximum Gasteiger partial charge on any atom is 0.330 e. The average Bonchev–Trinajstić information content (AvgIpc) is 3.22. The maximum absolute atomic E-state index is 13.8. The van der Waals surface area contributed by atoms with Crippen molar-refractivity contribution in [3.05, 3.63) is 66.7 Å². The Labute approximate surface area is 204 Å². The highest BCUT2D eigenvalue weighted by Crippen LogP contribution is 2.32. The Morgan fingerprint density at radius 3 is 2.71 bits per heavy atom. The quantitative estimate of drug-likeness (QED) is 0.561. The Kier molecular flexibility index (Phi) is 8.08. The van der Waals surface area contributed by atoms with Crippen LogP contribution in [-0.2, 0) is 25.6 Å². The molecule has 4 rings (SSSR count). The molecule has 8 nitrogen and oxygen atoms in total. The number of H-pyrrole nitrogens is 1. The van der Waals surface area contributed by atoms with E-state index in [2.05, 4.69) is 0 Å². The number of carbonyl (C=O) groups excluding carboxylic acids is 1. The van der Waals surface area contributed by atoms with Crippen molar-refractivity contribution in [2.45, 2.75) is 63.6 Å². The van der Waals surface area contributed by atoms with Crippen molar-refractivity contribution in [2.24, 2.45) is 5.92 Å². The van der Waals surface area contributed by atoms with Crippen LogP contribution in [0.5, 0.6) is 0 Å². The monoisotopic (exact) mass is 514 g/mol. The SMILES string of the molecule is O=C(OC[C@@H]1O[C@H](n2cc(F)c(=O)[nH]c2=O)CC1OCc1ccc(Cl)cc1Cl)C1CCCCC1. The van der Waals surface area contributed by atoms with Crippen LogP contribution in [0.2, 0.25) is 10.0 Å². The number of aromatic amines is 1. The highest BCUT2D eigenvalue weighted by Gasteiger charge is 2.39. The van der Waals surface area contributed by atoms with Crippen LogP contribution >= 0.6 is 23.2 Å². The predicted molar refractivity (Wildman–Crippen MR) is 122 cm³/mol. The summed E-state index contributed by atoms with van der Waals surface area (Å²) in [7, 11) is 0. The summed E-state index contributed by atoms with van der Waals surface area (Å²) in [5.74, 6) is -1.52. The molecule has 2 aliphatic rings. The van der Waals surface area contributed by atoms with Crippen LogP contribution in [0.3, 0.4) is 0 Å². The van der Waals surface area contributed by atoms with E-state index in [1.165, 1.54) is 0 Å². The van der Waals surface area contributed by atoms with Gasteiger partial charge in [-0.25, -0.2) is 4.79 Å². The van der Waals surface area contributed by atoms with Gasteiger partial charge in [0.05, 0.1) is 24.8 Å². The third-order valence-electron chi connectivity index (χ3n) is 6.21. The Bertz CT molecular complexity index is 1150. The van der Waals surface area contributed by atoms with Crippen molar-refractivity contribution >= 4 is 29.2 Å². The number of carbonyl (C=O) groups is 1. The molecule has 11 heteroatoms. The molecule has 2 aromatic rings. The van der Waals surface area contributed by atoms with Crippen molar-refractivity contribution in [1.82, 2.24) is 9.55 Å². The third-order valence-corrected chi connectivity index (χ3v) is 6.80. The minimum atomic E-state index is -1.11. The summed E-state index contributed by atoms with van der Waals surface area (Å²) in [6.45, 7) is 0.0458. The van der Waals surface area contributed by atoms with Gasteiger partial charge in [-0.3, -0.25) is 19.1 Å². The molecule has 1 saturated heterocycles. The number of benzene rings is 1. The zero-order valence-corrected chi connectivity index (χ0v) is 19.8. The zero-order chi connectivity index (χ0) is 24.2. The number of esters is 1. The number of halogens is 3. The lowest BCUT2D eigenvalue weighted by Crippen LogP contribution is -2.34. The Balaban J connectivity index is 1.48. The van der Waals surface area contributed by atoms with E-state index in [0.29, 0.717) is 15.6 Å².